The summed E-state index contributed by atoms with van der Waals surface area (Å²) < 4.78 is 10.8. The summed E-state index contributed by atoms with van der Waals surface area (Å²) in [4.78, 5) is 43.0. The van der Waals surface area contributed by atoms with E-state index >= 15 is 0 Å². The first-order valence-corrected chi connectivity index (χ1v) is 11.7. The van der Waals surface area contributed by atoms with E-state index in [1.807, 2.05) is 13.0 Å². The van der Waals surface area contributed by atoms with E-state index in [9.17, 15) is 14.4 Å². The van der Waals surface area contributed by atoms with Gasteiger partial charge >= 0.3 is 5.97 Å². The van der Waals surface area contributed by atoms with Crippen LogP contribution in [-0.2, 0) is 4.74 Å². The van der Waals surface area contributed by atoms with Crippen LogP contribution in [0.5, 0.6) is 0 Å². The van der Waals surface area contributed by atoms with E-state index in [1.165, 1.54) is 7.11 Å². The van der Waals surface area contributed by atoms with Crippen molar-refractivity contribution in [2.75, 3.05) is 33.3 Å². The van der Waals surface area contributed by atoms with Crippen LogP contribution in [0.4, 0.5) is 0 Å². The maximum absolute atomic E-state index is 13.6. The molecule has 0 fully saturated rings. The highest BCUT2D eigenvalue weighted by molar-refractivity contribution is 5.99. The predicted octanol–water partition coefficient (Wildman–Crippen LogP) is 4.17. The van der Waals surface area contributed by atoms with Crippen LogP contribution in [0.25, 0.3) is 11.0 Å². The Morgan fingerprint density at radius 2 is 1.79 bits per heavy atom. The van der Waals surface area contributed by atoms with E-state index in [0.717, 1.165) is 37.2 Å². The summed E-state index contributed by atoms with van der Waals surface area (Å²) >= 11 is 0. The molecular formula is C27H30N2O5. The number of carbonyl (C=O) groups excluding carboxylic acids is 2. The summed E-state index contributed by atoms with van der Waals surface area (Å²) in [6.07, 6.45) is 0.769. The fourth-order valence-corrected chi connectivity index (χ4v) is 4.64. The third kappa shape index (κ3) is 4.23. The molecule has 1 aliphatic heterocycles. The average molecular weight is 463 g/mol. The van der Waals surface area contributed by atoms with Crippen molar-refractivity contribution in [3.05, 3.63) is 80.7 Å². The molecule has 1 aromatic heterocycles. The van der Waals surface area contributed by atoms with Gasteiger partial charge in [-0.15, -0.1) is 0 Å². The molecule has 0 unspecified atom stereocenters. The molecule has 0 radical (unpaired) electrons. The van der Waals surface area contributed by atoms with Gasteiger partial charge in [-0.2, -0.15) is 0 Å². The van der Waals surface area contributed by atoms with Gasteiger partial charge in [-0.1, -0.05) is 37.6 Å². The lowest BCUT2D eigenvalue weighted by Gasteiger charge is -2.26. The Balaban J connectivity index is 1.79. The number of rotatable bonds is 8. The van der Waals surface area contributed by atoms with Gasteiger partial charge in [0.1, 0.15) is 5.58 Å². The summed E-state index contributed by atoms with van der Waals surface area (Å²) in [5, 5.41) is 0.465. The van der Waals surface area contributed by atoms with E-state index in [1.54, 1.807) is 41.3 Å². The van der Waals surface area contributed by atoms with Gasteiger partial charge in [0.2, 0.25) is 5.76 Å². The van der Waals surface area contributed by atoms with Crippen LogP contribution in [0.3, 0.4) is 0 Å². The van der Waals surface area contributed by atoms with Gasteiger partial charge in [-0.05, 0) is 62.8 Å². The highest BCUT2D eigenvalue weighted by Gasteiger charge is 2.42. The quantitative estimate of drug-likeness (QED) is 0.468. The highest BCUT2D eigenvalue weighted by Crippen LogP contribution is 2.38. The van der Waals surface area contributed by atoms with Gasteiger partial charge < -0.3 is 19.0 Å². The summed E-state index contributed by atoms with van der Waals surface area (Å²) in [5.74, 6) is -0.617. The van der Waals surface area contributed by atoms with E-state index in [4.69, 9.17) is 9.15 Å². The lowest BCUT2D eigenvalue weighted by Crippen LogP contribution is -2.33. The Kier molecular flexibility index (Phi) is 6.84. The smallest absolute Gasteiger partial charge is 0.337 e. The highest BCUT2D eigenvalue weighted by atomic mass is 16.5. The van der Waals surface area contributed by atoms with E-state index in [0.29, 0.717) is 28.6 Å². The number of carbonyl (C=O) groups is 2. The Bertz CT molecular complexity index is 1270. The molecule has 7 nitrogen and oxygen atoms in total. The van der Waals surface area contributed by atoms with Crippen LogP contribution in [0, 0.1) is 6.92 Å². The molecule has 2 aromatic carbocycles. The lowest BCUT2D eigenvalue weighted by atomic mass is 9.97. The monoisotopic (exact) mass is 462 g/mol. The van der Waals surface area contributed by atoms with Crippen molar-refractivity contribution in [2.24, 2.45) is 0 Å². The van der Waals surface area contributed by atoms with Gasteiger partial charge in [0.05, 0.1) is 29.7 Å². The minimum Gasteiger partial charge on any atom is -0.465 e. The summed E-state index contributed by atoms with van der Waals surface area (Å²) in [5.41, 5.74) is 2.68. The maximum atomic E-state index is 13.6. The van der Waals surface area contributed by atoms with Crippen molar-refractivity contribution in [3.63, 3.8) is 0 Å². The van der Waals surface area contributed by atoms with Crippen LogP contribution in [0.15, 0.2) is 51.7 Å². The molecule has 178 valence electrons. The first kappa shape index (κ1) is 23.7. The molecule has 7 heteroatoms. The molecule has 1 aliphatic rings. The second-order valence-electron chi connectivity index (χ2n) is 8.57. The third-order valence-electron chi connectivity index (χ3n) is 6.54. The van der Waals surface area contributed by atoms with Gasteiger partial charge in [0.15, 0.2) is 5.43 Å². The van der Waals surface area contributed by atoms with Gasteiger partial charge in [0.25, 0.3) is 5.91 Å². The zero-order valence-electron chi connectivity index (χ0n) is 20.1. The molecule has 2 heterocycles. The zero-order valence-corrected chi connectivity index (χ0v) is 20.1. The zero-order chi connectivity index (χ0) is 24.4. The number of methoxy groups -OCH3 is 1. The van der Waals surface area contributed by atoms with Crippen LogP contribution in [0.1, 0.15) is 63.9 Å². The first-order valence-electron chi connectivity index (χ1n) is 11.7. The van der Waals surface area contributed by atoms with E-state index in [-0.39, 0.29) is 17.1 Å². The third-order valence-corrected chi connectivity index (χ3v) is 6.54. The molecule has 0 saturated heterocycles. The van der Waals surface area contributed by atoms with Crippen LogP contribution >= 0.6 is 0 Å². The number of hydrogen-bond donors (Lipinski definition) is 0. The predicted molar refractivity (Wildman–Crippen MR) is 130 cm³/mol. The van der Waals surface area contributed by atoms with Crippen LogP contribution < -0.4 is 5.43 Å². The van der Waals surface area contributed by atoms with Crippen LogP contribution in [-0.4, -0.2) is 55.0 Å². The number of nitrogens with zero attached hydrogens (tertiary/aromatic N) is 2. The normalized spacial score (nSPS) is 15.3. The molecule has 0 bridgehead atoms. The van der Waals surface area contributed by atoms with Crippen molar-refractivity contribution in [2.45, 2.75) is 33.2 Å². The molecule has 1 atom stereocenters. The Labute approximate surface area is 198 Å². The maximum Gasteiger partial charge on any atom is 0.337 e. The molecule has 3 aromatic rings. The number of esters is 1. The fourth-order valence-electron chi connectivity index (χ4n) is 4.64. The molecule has 4 rings (SSSR count). The minimum atomic E-state index is -0.577. The van der Waals surface area contributed by atoms with Gasteiger partial charge in [0, 0.05) is 6.54 Å². The second kappa shape index (κ2) is 9.81. The summed E-state index contributed by atoms with van der Waals surface area (Å²) in [6, 6.07) is 11.7. The molecule has 34 heavy (non-hydrogen) atoms. The van der Waals surface area contributed by atoms with E-state index in [2.05, 4.69) is 18.7 Å². The fraction of sp³-hybridized carbons (Fsp3) is 0.370. The molecule has 0 N–H and O–H groups in total. The van der Waals surface area contributed by atoms with Crippen molar-refractivity contribution < 1.29 is 18.7 Å². The minimum absolute atomic E-state index is 0.103. The van der Waals surface area contributed by atoms with Crippen molar-refractivity contribution in [3.8, 4) is 0 Å². The summed E-state index contributed by atoms with van der Waals surface area (Å²) in [7, 11) is 1.33. The largest absolute Gasteiger partial charge is 0.465 e. The number of benzene rings is 2. The van der Waals surface area contributed by atoms with Crippen molar-refractivity contribution in [1.82, 2.24) is 9.80 Å². The number of fused-ring (bicyclic) bond motifs is 2. The topological polar surface area (TPSA) is 80.1 Å². The van der Waals surface area contributed by atoms with Gasteiger partial charge in [-0.25, -0.2) is 4.79 Å². The Hall–Kier alpha value is -3.45. The first-order chi connectivity index (χ1) is 16.4. The molecule has 1 amide bonds. The Morgan fingerprint density at radius 3 is 2.44 bits per heavy atom. The van der Waals surface area contributed by atoms with Crippen molar-refractivity contribution >= 4 is 22.8 Å². The SMILES string of the molecule is CCN(CC)CCCN1C(=O)c2oc3ccc(C)cc3c(=O)c2[C@H]1c1ccc(C(=O)OC)cc1. The average Bonchev–Trinajstić information content (AvgIpc) is 3.13. The number of hydrogen-bond acceptors (Lipinski definition) is 6. The van der Waals surface area contributed by atoms with E-state index < -0.39 is 12.0 Å². The lowest BCUT2D eigenvalue weighted by molar-refractivity contribution is 0.0599. The second-order valence-corrected chi connectivity index (χ2v) is 8.57. The number of aryl methyl sites for hydroxylation is 1. The molecule has 0 saturated carbocycles. The van der Waals surface area contributed by atoms with Crippen LogP contribution in [0.2, 0.25) is 0 Å². The van der Waals surface area contributed by atoms with Crippen molar-refractivity contribution in [1.29, 1.82) is 0 Å². The van der Waals surface area contributed by atoms with Gasteiger partial charge in [-0.3, -0.25) is 9.59 Å². The number of amides is 1. The number of ether oxygens (including phenoxy) is 1. The summed E-state index contributed by atoms with van der Waals surface area (Å²) in [6.45, 7) is 9.35. The molecular weight excluding hydrogens is 432 g/mol. The standard InChI is InChI=1S/C27H30N2O5/c1-5-28(6-2)14-7-15-29-23(18-9-11-19(12-10-18)27(32)33-4)22-24(30)20-16-17(3)8-13-21(20)34-25(22)26(29)31/h8-13,16,23H,5-7,14-15H2,1-4H3/t23-/m1/s1. The molecule has 0 spiro atoms. The Morgan fingerprint density at radius 1 is 1.09 bits per heavy atom. The molecule has 0 aliphatic carbocycles.